The number of phenolic OH excluding ortho intramolecular Hbond substituents is 1. The van der Waals surface area contributed by atoms with E-state index in [2.05, 4.69) is 5.32 Å². The molecule has 2 rings (SSSR count). The fourth-order valence-corrected chi connectivity index (χ4v) is 2.53. The second-order valence-electron chi connectivity index (χ2n) is 4.04. The number of fused-ring (bicyclic) bond motifs is 1. The third-order valence-electron chi connectivity index (χ3n) is 2.50. The summed E-state index contributed by atoms with van der Waals surface area (Å²) in [7, 11) is -4.47. The third-order valence-corrected chi connectivity index (χ3v) is 3.39. The van der Waals surface area contributed by atoms with Crippen molar-refractivity contribution in [1.29, 1.82) is 0 Å². The van der Waals surface area contributed by atoms with Gasteiger partial charge in [-0.3, -0.25) is 9.35 Å². The molecule has 0 bridgehead atoms. The molecule has 0 spiro atoms. The van der Waals surface area contributed by atoms with Crippen LogP contribution < -0.4 is 5.32 Å². The van der Waals surface area contributed by atoms with Gasteiger partial charge in [0.2, 0.25) is 5.91 Å². The molecule has 7 heteroatoms. The largest absolute Gasteiger partial charge is 0.508 e. The second kappa shape index (κ2) is 4.52. The van der Waals surface area contributed by atoms with Crippen LogP contribution >= 0.6 is 0 Å². The minimum Gasteiger partial charge on any atom is -0.508 e. The van der Waals surface area contributed by atoms with E-state index >= 15 is 0 Å². The lowest BCUT2D eigenvalue weighted by Crippen LogP contribution is -2.06. The fourth-order valence-electron chi connectivity index (χ4n) is 1.80. The number of benzene rings is 2. The molecule has 0 aliphatic carbocycles. The van der Waals surface area contributed by atoms with E-state index in [4.69, 9.17) is 4.55 Å². The number of phenols is 1. The van der Waals surface area contributed by atoms with E-state index in [0.29, 0.717) is 11.1 Å². The van der Waals surface area contributed by atoms with Gasteiger partial charge in [-0.1, -0.05) is 6.07 Å². The van der Waals surface area contributed by atoms with Gasteiger partial charge in [0.05, 0.1) is 0 Å². The van der Waals surface area contributed by atoms with Crippen LogP contribution in [0.2, 0.25) is 0 Å². The van der Waals surface area contributed by atoms with Gasteiger partial charge in [-0.15, -0.1) is 0 Å². The van der Waals surface area contributed by atoms with Crippen molar-refractivity contribution in [3.05, 3.63) is 30.3 Å². The standard InChI is InChI=1S/C12H11NO5S/c1-7(14)13-9-3-2-8-4-10(15)6-12(11(8)5-9)19(16,17)18/h2-6,15H,1H3,(H,13,14)(H,16,17,18). The highest BCUT2D eigenvalue weighted by Gasteiger charge is 2.16. The Labute approximate surface area is 109 Å². The first-order valence-corrected chi connectivity index (χ1v) is 6.73. The number of anilines is 1. The normalized spacial score (nSPS) is 11.5. The number of aromatic hydroxyl groups is 1. The van der Waals surface area contributed by atoms with Crippen LogP contribution in [0, 0.1) is 0 Å². The molecule has 0 aromatic heterocycles. The van der Waals surface area contributed by atoms with Gasteiger partial charge in [-0.05, 0) is 23.6 Å². The van der Waals surface area contributed by atoms with Gasteiger partial charge in [0.15, 0.2) is 0 Å². The van der Waals surface area contributed by atoms with E-state index in [0.717, 1.165) is 6.07 Å². The Balaban J connectivity index is 2.76. The van der Waals surface area contributed by atoms with E-state index in [1.807, 2.05) is 0 Å². The summed E-state index contributed by atoms with van der Waals surface area (Å²) in [6.45, 7) is 1.32. The van der Waals surface area contributed by atoms with Gasteiger partial charge < -0.3 is 10.4 Å². The fraction of sp³-hybridized carbons (Fsp3) is 0.0833. The van der Waals surface area contributed by atoms with Gasteiger partial charge in [0.25, 0.3) is 10.1 Å². The van der Waals surface area contributed by atoms with Gasteiger partial charge in [-0.25, -0.2) is 0 Å². The van der Waals surface area contributed by atoms with Crippen molar-refractivity contribution in [2.75, 3.05) is 5.32 Å². The number of carbonyl (C=O) groups excluding carboxylic acids is 1. The molecule has 1 amide bonds. The van der Waals surface area contributed by atoms with Crippen LogP contribution in [-0.2, 0) is 14.9 Å². The van der Waals surface area contributed by atoms with Crippen LogP contribution in [0.4, 0.5) is 5.69 Å². The quantitative estimate of drug-likeness (QED) is 0.727. The molecule has 6 nitrogen and oxygen atoms in total. The van der Waals surface area contributed by atoms with Crippen molar-refractivity contribution in [2.24, 2.45) is 0 Å². The van der Waals surface area contributed by atoms with E-state index < -0.39 is 15.0 Å². The minimum absolute atomic E-state index is 0.214. The first-order valence-electron chi connectivity index (χ1n) is 5.29. The summed E-state index contributed by atoms with van der Waals surface area (Å²) in [5.74, 6) is -0.570. The predicted molar refractivity (Wildman–Crippen MR) is 69.7 cm³/mol. The van der Waals surface area contributed by atoms with E-state index in [9.17, 15) is 18.3 Å². The summed E-state index contributed by atoms with van der Waals surface area (Å²) < 4.78 is 31.7. The number of hydrogen-bond acceptors (Lipinski definition) is 4. The molecule has 2 aromatic carbocycles. The zero-order valence-electron chi connectivity index (χ0n) is 9.91. The van der Waals surface area contributed by atoms with Crippen molar-refractivity contribution >= 4 is 32.5 Å². The maximum atomic E-state index is 11.3. The lowest BCUT2D eigenvalue weighted by atomic mass is 10.1. The molecule has 0 saturated carbocycles. The molecule has 0 heterocycles. The Morgan fingerprint density at radius 2 is 1.89 bits per heavy atom. The maximum Gasteiger partial charge on any atom is 0.295 e. The maximum absolute atomic E-state index is 11.3. The lowest BCUT2D eigenvalue weighted by molar-refractivity contribution is -0.114. The molecule has 3 N–H and O–H groups in total. The van der Waals surface area contributed by atoms with Crippen molar-refractivity contribution in [1.82, 2.24) is 0 Å². The molecule has 0 fully saturated rings. The molecule has 0 radical (unpaired) electrons. The zero-order chi connectivity index (χ0) is 14.2. The minimum atomic E-state index is -4.47. The van der Waals surface area contributed by atoms with Gasteiger partial charge in [0.1, 0.15) is 10.6 Å². The van der Waals surface area contributed by atoms with Crippen LogP contribution in [0.15, 0.2) is 35.2 Å². The molecular weight excluding hydrogens is 270 g/mol. The SMILES string of the molecule is CC(=O)Nc1ccc2cc(O)cc(S(=O)(=O)O)c2c1. The number of nitrogens with one attached hydrogen (secondary N) is 1. The van der Waals surface area contributed by atoms with Crippen molar-refractivity contribution < 1.29 is 22.9 Å². The summed E-state index contributed by atoms with van der Waals surface area (Å²) in [5, 5.41) is 12.6. The van der Waals surface area contributed by atoms with Crippen molar-refractivity contribution in [3.63, 3.8) is 0 Å². The first kappa shape index (κ1) is 13.3. The average Bonchev–Trinajstić information content (AvgIpc) is 2.26. The highest BCUT2D eigenvalue weighted by Crippen LogP contribution is 2.30. The Morgan fingerprint density at radius 1 is 1.21 bits per heavy atom. The Bertz CT molecular complexity index is 767. The van der Waals surface area contributed by atoms with Gasteiger partial charge in [0, 0.05) is 24.1 Å². The lowest BCUT2D eigenvalue weighted by Gasteiger charge is -2.08. The van der Waals surface area contributed by atoms with Gasteiger partial charge in [-0.2, -0.15) is 8.42 Å². The second-order valence-corrected chi connectivity index (χ2v) is 5.43. The number of hydrogen-bond donors (Lipinski definition) is 3. The molecule has 100 valence electrons. The molecule has 2 aromatic rings. The van der Waals surface area contributed by atoms with E-state index in [1.165, 1.54) is 25.1 Å². The summed E-state index contributed by atoms with van der Waals surface area (Å²) in [6, 6.07) is 6.84. The Kier molecular flexibility index (Phi) is 3.17. The van der Waals surface area contributed by atoms with Crippen LogP contribution in [0.25, 0.3) is 10.8 Å². The third kappa shape index (κ3) is 2.83. The summed E-state index contributed by atoms with van der Waals surface area (Å²) in [5.41, 5.74) is 0.399. The Hall–Kier alpha value is -2.12. The monoisotopic (exact) mass is 281 g/mol. The van der Waals surface area contributed by atoms with Crippen molar-refractivity contribution in [2.45, 2.75) is 11.8 Å². The zero-order valence-corrected chi connectivity index (χ0v) is 10.7. The van der Waals surface area contributed by atoms with E-state index in [-0.39, 0.29) is 17.0 Å². The van der Waals surface area contributed by atoms with Crippen LogP contribution in [0.3, 0.4) is 0 Å². The molecular formula is C12H11NO5S. The molecule has 0 aliphatic rings. The van der Waals surface area contributed by atoms with Crippen molar-refractivity contribution in [3.8, 4) is 5.75 Å². The molecule has 0 atom stereocenters. The topological polar surface area (TPSA) is 104 Å². The van der Waals surface area contributed by atoms with Crippen LogP contribution in [0.1, 0.15) is 6.92 Å². The predicted octanol–water partition coefficient (Wildman–Crippen LogP) is 1.75. The molecule has 0 saturated heterocycles. The first-order chi connectivity index (χ1) is 8.77. The number of carbonyl (C=O) groups is 1. The summed E-state index contributed by atoms with van der Waals surface area (Å²) in [4.78, 5) is 10.6. The van der Waals surface area contributed by atoms with E-state index in [1.54, 1.807) is 6.07 Å². The number of amides is 1. The molecule has 0 unspecified atom stereocenters. The smallest absolute Gasteiger partial charge is 0.295 e. The van der Waals surface area contributed by atoms with Crippen LogP contribution in [-0.4, -0.2) is 24.0 Å². The van der Waals surface area contributed by atoms with Crippen LogP contribution in [0.5, 0.6) is 5.75 Å². The average molecular weight is 281 g/mol. The molecule has 19 heavy (non-hydrogen) atoms. The highest BCUT2D eigenvalue weighted by atomic mass is 32.2. The molecule has 0 aliphatic heterocycles. The summed E-state index contributed by atoms with van der Waals surface area (Å²) >= 11 is 0. The summed E-state index contributed by atoms with van der Waals surface area (Å²) in [6.07, 6.45) is 0. The Morgan fingerprint density at radius 3 is 2.47 bits per heavy atom. The van der Waals surface area contributed by atoms with Gasteiger partial charge >= 0.3 is 0 Å². The highest BCUT2D eigenvalue weighted by molar-refractivity contribution is 7.86. The number of rotatable bonds is 2.